The Labute approximate surface area is 162 Å². The molecule has 0 saturated heterocycles. The lowest BCUT2D eigenvalue weighted by Crippen LogP contribution is -2.39. The van der Waals surface area contributed by atoms with E-state index >= 15 is 0 Å². The van der Waals surface area contributed by atoms with Crippen LogP contribution in [0.4, 0.5) is 4.39 Å². The minimum absolute atomic E-state index is 0.0101. The predicted octanol–water partition coefficient (Wildman–Crippen LogP) is 2.18. The lowest BCUT2D eigenvalue weighted by atomic mass is 9.99. The summed E-state index contributed by atoms with van der Waals surface area (Å²) in [6.07, 6.45) is 0.947. The normalized spacial score (nSPS) is 16.7. The molecular weight excluding hydrogens is 365 g/mol. The SMILES string of the molecule is O=C(O)Cc1ccc2c(c1)CC[C@H](CNCC(O)COc1ccc(F)cc1)O2. The highest BCUT2D eigenvalue weighted by molar-refractivity contribution is 5.70. The van der Waals surface area contributed by atoms with Crippen LogP contribution >= 0.6 is 0 Å². The second-order valence-electron chi connectivity index (χ2n) is 6.87. The van der Waals surface area contributed by atoms with Gasteiger partial charge in [-0.1, -0.05) is 12.1 Å². The summed E-state index contributed by atoms with van der Waals surface area (Å²) in [5.74, 6) is 0.116. The highest BCUT2D eigenvalue weighted by Gasteiger charge is 2.20. The number of aliphatic carboxylic acids is 1. The molecule has 2 atom stereocenters. The maximum absolute atomic E-state index is 12.8. The molecule has 7 heteroatoms. The van der Waals surface area contributed by atoms with Crippen LogP contribution < -0.4 is 14.8 Å². The van der Waals surface area contributed by atoms with E-state index in [0.717, 1.165) is 29.7 Å². The fourth-order valence-corrected chi connectivity index (χ4v) is 3.12. The topological polar surface area (TPSA) is 88.0 Å². The summed E-state index contributed by atoms with van der Waals surface area (Å²) in [4.78, 5) is 10.8. The zero-order valence-electron chi connectivity index (χ0n) is 15.4. The Morgan fingerprint density at radius 1 is 1.29 bits per heavy atom. The van der Waals surface area contributed by atoms with Gasteiger partial charge in [0.05, 0.1) is 6.42 Å². The second-order valence-corrected chi connectivity index (χ2v) is 6.87. The maximum Gasteiger partial charge on any atom is 0.307 e. The second kappa shape index (κ2) is 9.52. The molecule has 0 aliphatic carbocycles. The number of carboxylic acids is 1. The van der Waals surface area contributed by atoms with Crippen LogP contribution in [0.3, 0.4) is 0 Å². The standard InChI is InChI=1S/C21H24FNO5/c22-16-3-6-18(7-4-16)27-13-17(24)11-23-12-19-5-2-15-9-14(10-21(25)26)1-8-20(15)28-19/h1,3-4,6-9,17,19,23-24H,2,5,10-13H2,(H,25,26)/t17?,19-/m1/s1. The van der Waals surface area contributed by atoms with Gasteiger partial charge in [0.15, 0.2) is 0 Å². The van der Waals surface area contributed by atoms with Crippen molar-refractivity contribution in [2.75, 3.05) is 19.7 Å². The van der Waals surface area contributed by atoms with E-state index in [1.807, 2.05) is 12.1 Å². The Balaban J connectivity index is 1.38. The number of nitrogens with one attached hydrogen (secondary N) is 1. The van der Waals surface area contributed by atoms with Gasteiger partial charge >= 0.3 is 5.97 Å². The summed E-state index contributed by atoms with van der Waals surface area (Å²) in [6, 6.07) is 11.1. The number of hydrogen-bond donors (Lipinski definition) is 3. The molecule has 0 fully saturated rings. The number of fused-ring (bicyclic) bond motifs is 1. The van der Waals surface area contributed by atoms with Crippen molar-refractivity contribution in [3.05, 3.63) is 59.4 Å². The molecule has 1 aliphatic heterocycles. The van der Waals surface area contributed by atoms with E-state index in [-0.39, 0.29) is 24.9 Å². The van der Waals surface area contributed by atoms with Crippen LogP contribution in [0.25, 0.3) is 0 Å². The van der Waals surface area contributed by atoms with Gasteiger partial charge in [0.1, 0.15) is 36.1 Å². The molecule has 1 heterocycles. The first-order valence-electron chi connectivity index (χ1n) is 9.27. The van der Waals surface area contributed by atoms with Crippen molar-refractivity contribution in [1.29, 1.82) is 0 Å². The third kappa shape index (κ3) is 5.94. The number of carboxylic acid groups (broad SMARTS) is 1. The van der Waals surface area contributed by atoms with Gasteiger partial charge in [0.25, 0.3) is 0 Å². The van der Waals surface area contributed by atoms with Gasteiger partial charge in [0, 0.05) is 13.1 Å². The predicted molar refractivity (Wildman–Crippen MR) is 101 cm³/mol. The molecule has 28 heavy (non-hydrogen) atoms. The van der Waals surface area contributed by atoms with Gasteiger partial charge in [-0.25, -0.2) is 4.39 Å². The number of ether oxygens (including phenoxy) is 2. The zero-order chi connectivity index (χ0) is 19.9. The van der Waals surface area contributed by atoms with Crippen molar-refractivity contribution >= 4 is 5.97 Å². The van der Waals surface area contributed by atoms with E-state index in [9.17, 15) is 14.3 Å². The number of aliphatic hydroxyl groups excluding tert-OH is 1. The average Bonchev–Trinajstić information content (AvgIpc) is 2.67. The first-order chi connectivity index (χ1) is 13.5. The third-order valence-electron chi connectivity index (χ3n) is 4.52. The minimum atomic E-state index is -0.847. The van der Waals surface area contributed by atoms with Crippen LogP contribution in [0, 0.1) is 5.82 Å². The molecule has 3 rings (SSSR count). The summed E-state index contributed by atoms with van der Waals surface area (Å²) in [5, 5.41) is 22.1. The molecule has 0 spiro atoms. The fourth-order valence-electron chi connectivity index (χ4n) is 3.12. The number of halogens is 1. The Morgan fingerprint density at radius 2 is 2.07 bits per heavy atom. The molecule has 0 bridgehead atoms. The molecule has 1 unspecified atom stereocenters. The van der Waals surface area contributed by atoms with Crippen LogP contribution in [0.2, 0.25) is 0 Å². The zero-order valence-corrected chi connectivity index (χ0v) is 15.4. The van der Waals surface area contributed by atoms with E-state index in [1.165, 1.54) is 24.3 Å². The Bertz CT molecular complexity index is 796. The molecule has 1 aliphatic rings. The lowest BCUT2D eigenvalue weighted by Gasteiger charge is -2.27. The number of aryl methyl sites for hydroxylation is 1. The van der Waals surface area contributed by atoms with Gasteiger partial charge in [-0.15, -0.1) is 0 Å². The van der Waals surface area contributed by atoms with Crippen molar-refractivity contribution in [1.82, 2.24) is 5.32 Å². The lowest BCUT2D eigenvalue weighted by molar-refractivity contribution is -0.136. The van der Waals surface area contributed by atoms with E-state index < -0.39 is 12.1 Å². The van der Waals surface area contributed by atoms with Crippen LogP contribution in [0.1, 0.15) is 17.5 Å². The summed E-state index contributed by atoms with van der Waals surface area (Å²) >= 11 is 0. The van der Waals surface area contributed by atoms with Crippen molar-refractivity contribution in [2.45, 2.75) is 31.5 Å². The van der Waals surface area contributed by atoms with Gasteiger partial charge in [0.2, 0.25) is 0 Å². The molecule has 3 N–H and O–H groups in total. The van der Waals surface area contributed by atoms with Crippen molar-refractivity contribution in [2.24, 2.45) is 0 Å². The summed E-state index contributed by atoms with van der Waals surface area (Å²) in [6.45, 7) is 1.05. The summed E-state index contributed by atoms with van der Waals surface area (Å²) < 4.78 is 24.2. The summed E-state index contributed by atoms with van der Waals surface area (Å²) in [5.41, 5.74) is 1.80. The molecule has 2 aromatic rings. The third-order valence-corrected chi connectivity index (χ3v) is 4.52. The van der Waals surface area contributed by atoms with Gasteiger partial charge in [-0.05, 0) is 54.3 Å². The maximum atomic E-state index is 12.8. The number of benzene rings is 2. The monoisotopic (exact) mass is 389 g/mol. The average molecular weight is 389 g/mol. The highest BCUT2D eigenvalue weighted by Crippen LogP contribution is 2.28. The van der Waals surface area contributed by atoms with Gasteiger partial charge in [-0.3, -0.25) is 4.79 Å². The van der Waals surface area contributed by atoms with Gasteiger partial charge in [-0.2, -0.15) is 0 Å². The molecule has 0 saturated carbocycles. The van der Waals surface area contributed by atoms with Crippen LogP contribution in [-0.4, -0.2) is 48.1 Å². The number of hydrogen-bond acceptors (Lipinski definition) is 5. The van der Waals surface area contributed by atoms with Crippen LogP contribution in [0.15, 0.2) is 42.5 Å². The molecule has 0 amide bonds. The first-order valence-corrected chi connectivity index (χ1v) is 9.27. The number of carbonyl (C=O) groups is 1. The highest BCUT2D eigenvalue weighted by atomic mass is 19.1. The van der Waals surface area contributed by atoms with Crippen LogP contribution in [-0.2, 0) is 17.6 Å². The number of rotatable bonds is 9. The molecular formula is C21H24FNO5. The van der Waals surface area contributed by atoms with E-state index in [1.54, 1.807) is 6.07 Å². The Hall–Kier alpha value is -2.64. The van der Waals surface area contributed by atoms with Crippen molar-refractivity contribution in [3.8, 4) is 11.5 Å². The number of aliphatic hydroxyl groups is 1. The molecule has 150 valence electrons. The quantitative estimate of drug-likeness (QED) is 0.609. The minimum Gasteiger partial charge on any atom is -0.491 e. The first kappa shape index (κ1) is 20.1. The largest absolute Gasteiger partial charge is 0.491 e. The Morgan fingerprint density at radius 3 is 2.82 bits per heavy atom. The molecule has 2 aromatic carbocycles. The van der Waals surface area contributed by atoms with E-state index in [2.05, 4.69) is 5.32 Å². The van der Waals surface area contributed by atoms with Gasteiger partial charge < -0.3 is 25.0 Å². The van der Waals surface area contributed by atoms with E-state index in [0.29, 0.717) is 18.8 Å². The Kier molecular flexibility index (Phi) is 6.84. The molecule has 0 aromatic heterocycles. The molecule has 0 radical (unpaired) electrons. The van der Waals surface area contributed by atoms with Crippen molar-refractivity contribution in [3.63, 3.8) is 0 Å². The molecule has 6 nitrogen and oxygen atoms in total. The van der Waals surface area contributed by atoms with Crippen molar-refractivity contribution < 1.29 is 28.9 Å². The summed E-state index contributed by atoms with van der Waals surface area (Å²) in [7, 11) is 0. The van der Waals surface area contributed by atoms with Crippen LogP contribution in [0.5, 0.6) is 11.5 Å². The fraction of sp³-hybridized carbons (Fsp3) is 0.381. The van der Waals surface area contributed by atoms with E-state index in [4.69, 9.17) is 14.6 Å². The smallest absolute Gasteiger partial charge is 0.307 e.